The van der Waals surface area contributed by atoms with Gasteiger partial charge < -0.3 is 0 Å². The number of hydrogen-bond acceptors (Lipinski definition) is 3. The van der Waals surface area contributed by atoms with Gasteiger partial charge in [0.2, 0.25) is 0 Å². The number of sulfone groups is 1. The molecule has 1 rings (SSSR count). The standard InChI is InChI=1S/C13H16FNO2S/c1-13(2,10-15)8-5-9-18(16,17)12-7-4-3-6-11(12)14/h3-4,6-7H,5,8-9H2,1-2H3. The van der Waals surface area contributed by atoms with E-state index in [1.54, 1.807) is 13.8 Å². The Morgan fingerprint density at radius 1 is 1.33 bits per heavy atom. The zero-order chi connectivity index (χ0) is 13.8. The average molecular weight is 269 g/mol. The lowest BCUT2D eigenvalue weighted by molar-refractivity contribution is 0.445. The predicted octanol–water partition coefficient (Wildman–Crippen LogP) is 2.93. The first kappa shape index (κ1) is 14.7. The minimum Gasteiger partial charge on any atom is -0.224 e. The molecule has 0 saturated heterocycles. The molecule has 0 saturated carbocycles. The van der Waals surface area contributed by atoms with Crippen molar-refractivity contribution in [1.82, 2.24) is 0 Å². The third-order valence-electron chi connectivity index (χ3n) is 2.69. The number of hydrogen-bond donors (Lipinski definition) is 0. The highest BCUT2D eigenvalue weighted by Crippen LogP contribution is 2.23. The van der Waals surface area contributed by atoms with Gasteiger partial charge in [-0.15, -0.1) is 0 Å². The van der Waals surface area contributed by atoms with Crippen LogP contribution in [0.15, 0.2) is 29.2 Å². The van der Waals surface area contributed by atoms with Gasteiger partial charge in [0.25, 0.3) is 0 Å². The van der Waals surface area contributed by atoms with E-state index in [9.17, 15) is 12.8 Å². The van der Waals surface area contributed by atoms with Crippen molar-refractivity contribution in [2.75, 3.05) is 5.75 Å². The van der Waals surface area contributed by atoms with E-state index in [0.717, 1.165) is 6.07 Å². The van der Waals surface area contributed by atoms with Crippen molar-refractivity contribution in [3.8, 4) is 6.07 Å². The van der Waals surface area contributed by atoms with E-state index >= 15 is 0 Å². The molecule has 0 atom stereocenters. The van der Waals surface area contributed by atoms with Crippen LogP contribution in [0.3, 0.4) is 0 Å². The highest BCUT2D eigenvalue weighted by molar-refractivity contribution is 7.91. The van der Waals surface area contributed by atoms with Crippen molar-refractivity contribution in [3.63, 3.8) is 0 Å². The Bertz CT molecular complexity index is 559. The van der Waals surface area contributed by atoms with E-state index in [-0.39, 0.29) is 10.6 Å². The van der Waals surface area contributed by atoms with Crippen LogP contribution >= 0.6 is 0 Å². The molecule has 0 aliphatic carbocycles. The Labute approximate surface area is 107 Å². The van der Waals surface area contributed by atoms with Gasteiger partial charge in [-0.1, -0.05) is 12.1 Å². The van der Waals surface area contributed by atoms with Crippen molar-refractivity contribution in [2.45, 2.75) is 31.6 Å². The maximum absolute atomic E-state index is 13.4. The molecular weight excluding hydrogens is 253 g/mol. The molecule has 0 fully saturated rings. The zero-order valence-electron chi connectivity index (χ0n) is 10.5. The summed E-state index contributed by atoms with van der Waals surface area (Å²) in [5.41, 5.74) is -0.551. The van der Waals surface area contributed by atoms with Crippen LogP contribution in [-0.4, -0.2) is 14.2 Å². The second kappa shape index (κ2) is 5.49. The van der Waals surface area contributed by atoms with Crippen LogP contribution in [-0.2, 0) is 9.84 Å². The molecule has 0 heterocycles. The first-order valence-electron chi connectivity index (χ1n) is 5.67. The number of nitrogens with zero attached hydrogens (tertiary/aromatic N) is 1. The summed E-state index contributed by atoms with van der Waals surface area (Å²) < 4.78 is 37.2. The van der Waals surface area contributed by atoms with E-state index in [1.165, 1.54) is 18.2 Å². The van der Waals surface area contributed by atoms with Gasteiger partial charge in [-0.05, 0) is 38.8 Å². The molecule has 0 amide bonds. The topological polar surface area (TPSA) is 57.9 Å². The summed E-state index contributed by atoms with van der Waals surface area (Å²) in [4.78, 5) is -0.264. The first-order valence-corrected chi connectivity index (χ1v) is 7.32. The maximum atomic E-state index is 13.4. The van der Waals surface area contributed by atoms with Gasteiger partial charge in [0.1, 0.15) is 10.7 Å². The van der Waals surface area contributed by atoms with Crippen LogP contribution < -0.4 is 0 Å². The van der Waals surface area contributed by atoms with Gasteiger partial charge in [-0.3, -0.25) is 0 Å². The molecule has 0 spiro atoms. The lowest BCUT2D eigenvalue weighted by Crippen LogP contribution is -2.13. The van der Waals surface area contributed by atoms with Crippen molar-refractivity contribution < 1.29 is 12.8 Å². The van der Waals surface area contributed by atoms with E-state index in [2.05, 4.69) is 6.07 Å². The fraction of sp³-hybridized carbons (Fsp3) is 0.462. The fourth-order valence-electron chi connectivity index (χ4n) is 1.57. The lowest BCUT2D eigenvalue weighted by atomic mass is 9.90. The monoisotopic (exact) mass is 269 g/mol. The number of rotatable bonds is 5. The maximum Gasteiger partial charge on any atom is 0.181 e. The Balaban J connectivity index is 2.74. The molecule has 0 N–H and O–H groups in total. The average Bonchev–Trinajstić information content (AvgIpc) is 2.29. The Hall–Kier alpha value is -1.41. The molecule has 98 valence electrons. The molecule has 0 bridgehead atoms. The van der Waals surface area contributed by atoms with Gasteiger partial charge in [0.05, 0.1) is 17.2 Å². The number of benzene rings is 1. The number of halogens is 1. The van der Waals surface area contributed by atoms with Crippen molar-refractivity contribution in [3.05, 3.63) is 30.1 Å². The lowest BCUT2D eigenvalue weighted by Gasteiger charge is -2.14. The van der Waals surface area contributed by atoms with Crippen LogP contribution in [0.2, 0.25) is 0 Å². The highest BCUT2D eigenvalue weighted by atomic mass is 32.2. The summed E-state index contributed by atoms with van der Waals surface area (Å²) >= 11 is 0. The van der Waals surface area contributed by atoms with Crippen molar-refractivity contribution >= 4 is 9.84 Å². The van der Waals surface area contributed by atoms with E-state index in [1.807, 2.05) is 0 Å². The van der Waals surface area contributed by atoms with E-state index < -0.39 is 21.1 Å². The van der Waals surface area contributed by atoms with Crippen molar-refractivity contribution in [2.24, 2.45) is 5.41 Å². The normalized spacial score (nSPS) is 12.1. The van der Waals surface area contributed by atoms with Gasteiger partial charge in [-0.25, -0.2) is 12.8 Å². The molecule has 0 aromatic heterocycles. The Morgan fingerprint density at radius 3 is 2.50 bits per heavy atom. The van der Waals surface area contributed by atoms with Crippen LogP contribution in [0.4, 0.5) is 4.39 Å². The second-order valence-corrected chi connectivity index (χ2v) is 6.93. The number of nitriles is 1. The van der Waals surface area contributed by atoms with E-state index in [0.29, 0.717) is 12.8 Å². The third-order valence-corrected chi connectivity index (χ3v) is 4.52. The van der Waals surface area contributed by atoms with Crippen LogP contribution in [0.1, 0.15) is 26.7 Å². The molecule has 0 aliphatic heterocycles. The quantitative estimate of drug-likeness (QED) is 0.825. The minimum atomic E-state index is -3.61. The first-order chi connectivity index (χ1) is 8.28. The zero-order valence-corrected chi connectivity index (χ0v) is 11.3. The van der Waals surface area contributed by atoms with Crippen LogP contribution in [0.5, 0.6) is 0 Å². The summed E-state index contributed by atoms with van der Waals surface area (Å²) in [5, 5.41) is 8.83. The molecule has 1 aromatic rings. The van der Waals surface area contributed by atoms with Gasteiger partial charge >= 0.3 is 0 Å². The molecule has 0 unspecified atom stereocenters. The van der Waals surface area contributed by atoms with Crippen LogP contribution in [0, 0.1) is 22.6 Å². The third kappa shape index (κ3) is 3.81. The Morgan fingerprint density at radius 2 is 1.94 bits per heavy atom. The molecule has 18 heavy (non-hydrogen) atoms. The summed E-state index contributed by atoms with van der Waals surface area (Å²) in [6, 6.07) is 7.45. The van der Waals surface area contributed by atoms with Gasteiger partial charge in [0, 0.05) is 0 Å². The molecular formula is C13H16FNO2S. The summed E-state index contributed by atoms with van der Waals surface area (Å²) in [5.74, 6) is -0.865. The SMILES string of the molecule is CC(C)(C#N)CCCS(=O)(=O)c1ccccc1F. The summed E-state index contributed by atoms with van der Waals surface area (Å²) in [7, 11) is -3.61. The minimum absolute atomic E-state index is 0.140. The van der Waals surface area contributed by atoms with Crippen LogP contribution in [0.25, 0.3) is 0 Å². The summed E-state index contributed by atoms with van der Waals surface area (Å²) in [6.07, 6.45) is 0.814. The second-order valence-electron chi connectivity index (χ2n) is 4.85. The fourth-order valence-corrected chi connectivity index (χ4v) is 2.96. The Kier molecular flexibility index (Phi) is 4.47. The van der Waals surface area contributed by atoms with Crippen molar-refractivity contribution in [1.29, 1.82) is 5.26 Å². The predicted molar refractivity (Wildman–Crippen MR) is 67.1 cm³/mol. The molecule has 5 heteroatoms. The van der Waals surface area contributed by atoms with Gasteiger partial charge in [-0.2, -0.15) is 5.26 Å². The highest BCUT2D eigenvalue weighted by Gasteiger charge is 2.21. The molecule has 0 aliphatic rings. The molecule has 1 aromatic carbocycles. The largest absolute Gasteiger partial charge is 0.224 e. The smallest absolute Gasteiger partial charge is 0.181 e. The summed E-state index contributed by atoms with van der Waals surface area (Å²) in [6.45, 7) is 3.51. The molecule has 3 nitrogen and oxygen atoms in total. The molecule has 0 radical (unpaired) electrons. The van der Waals surface area contributed by atoms with E-state index in [4.69, 9.17) is 5.26 Å². The van der Waals surface area contributed by atoms with Gasteiger partial charge in [0.15, 0.2) is 9.84 Å².